The van der Waals surface area contributed by atoms with Crippen molar-refractivity contribution in [3.05, 3.63) is 34.2 Å². The zero-order chi connectivity index (χ0) is 11.4. The Kier molecular flexibility index (Phi) is 3.36. The highest BCUT2D eigenvalue weighted by atomic mass is 16.2. The van der Waals surface area contributed by atoms with Crippen LogP contribution in [0.4, 0.5) is 0 Å². The fourth-order valence-corrected chi connectivity index (χ4v) is 1.77. The molecule has 1 aliphatic heterocycles. The van der Waals surface area contributed by atoms with Crippen LogP contribution >= 0.6 is 0 Å². The number of carbonyl (C=O) groups excluding carboxylic acids is 1. The Hall–Kier alpha value is -1.62. The average Bonchev–Trinajstić information content (AvgIpc) is 2.81. The van der Waals surface area contributed by atoms with E-state index in [4.69, 9.17) is 0 Å². The van der Waals surface area contributed by atoms with E-state index < -0.39 is 0 Å². The molecule has 1 fully saturated rings. The number of pyridine rings is 1. The molecule has 0 spiro atoms. The molecule has 0 bridgehead atoms. The molecule has 1 aromatic rings. The highest BCUT2D eigenvalue weighted by Gasteiger charge is 2.21. The molecule has 16 heavy (non-hydrogen) atoms. The van der Waals surface area contributed by atoms with Crippen molar-refractivity contribution >= 4 is 5.91 Å². The third-order valence-electron chi connectivity index (χ3n) is 2.69. The zero-order valence-corrected chi connectivity index (χ0v) is 8.95. The second-order valence-electron chi connectivity index (χ2n) is 3.93. The average molecular weight is 221 g/mol. The van der Waals surface area contributed by atoms with Crippen molar-refractivity contribution in [2.24, 2.45) is 0 Å². The van der Waals surface area contributed by atoms with Crippen molar-refractivity contribution in [1.82, 2.24) is 15.6 Å². The van der Waals surface area contributed by atoms with Crippen LogP contribution in [0.1, 0.15) is 18.4 Å². The highest BCUT2D eigenvalue weighted by Crippen LogP contribution is 2.04. The van der Waals surface area contributed by atoms with Crippen LogP contribution in [0.15, 0.2) is 23.1 Å². The van der Waals surface area contributed by atoms with Crippen LogP contribution in [0, 0.1) is 0 Å². The van der Waals surface area contributed by atoms with Crippen molar-refractivity contribution in [3.8, 4) is 0 Å². The smallest absolute Gasteiger partial charge is 0.247 e. The van der Waals surface area contributed by atoms with Gasteiger partial charge in [-0.25, -0.2) is 0 Å². The van der Waals surface area contributed by atoms with Gasteiger partial charge in [0.05, 0.1) is 6.04 Å². The van der Waals surface area contributed by atoms with Gasteiger partial charge in [0.1, 0.15) is 0 Å². The highest BCUT2D eigenvalue weighted by molar-refractivity contribution is 5.81. The lowest BCUT2D eigenvalue weighted by atomic mass is 10.2. The predicted octanol–water partition coefficient (Wildman–Crippen LogP) is -0.257. The Morgan fingerprint density at radius 2 is 2.38 bits per heavy atom. The molecule has 1 atom stereocenters. The molecule has 2 heterocycles. The maximum Gasteiger partial charge on any atom is 0.247 e. The quantitative estimate of drug-likeness (QED) is 0.658. The van der Waals surface area contributed by atoms with Gasteiger partial charge in [0.15, 0.2) is 0 Å². The van der Waals surface area contributed by atoms with Crippen LogP contribution in [0.3, 0.4) is 0 Å². The van der Waals surface area contributed by atoms with Crippen LogP contribution in [-0.2, 0) is 11.3 Å². The number of amides is 1. The first-order chi connectivity index (χ1) is 7.75. The van der Waals surface area contributed by atoms with Crippen molar-refractivity contribution in [2.45, 2.75) is 25.4 Å². The molecule has 0 unspecified atom stereocenters. The van der Waals surface area contributed by atoms with Crippen molar-refractivity contribution in [2.75, 3.05) is 6.54 Å². The molecule has 1 aliphatic rings. The van der Waals surface area contributed by atoms with Crippen LogP contribution in [0.5, 0.6) is 0 Å². The Bertz CT molecular complexity index is 401. The molecule has 3 N–H and O–H groups in total. The molecule has 0 aliphatic carbocycles. The van der Waals surface area contributed by atoms with E-state index in [0.29, 0.717) is 6.54 Å². The molecule has 0 radical (unpaired) electrons. The number of nitrogens with one attached hydrogen (secondary N) is 3. The molecule has 1 aromatic heterocycles. The first-order valence-electron chi connectivity index (χ1n) is 5.44. The largest absolute Gasteiger partial charge is 0.351 e. The molecular weight excluding hydrogens is 206 g/mol. The van der Waals surface area contributed by atoms with Crippen molar-refractivity contribution in [1.29, 1.82) is 0 Å². The second kappa shape index (κ2) is 4.94. The lowest BCUT2D eigenvalue weighted by Gasteiger charge is -2.10. The Balaban J connectivity index is 1.84. The van der Waals surface area contributed by atoms with Crippen LogP contribution < -0.4 is 16.2 Å². The summed E-state index contributed by atoms with van der Waals surface area (Å²) in [4.78, 5) is 25.0. The van der Waals surface area contributed by atoms with E-state index in [1.807, 2.05) is 0 Å². The minimum atomic E-state index is -0.132. The van der Waals surface area contributed by atoms with E-state index in [9.17, 15) is 9.59 Å². The molecule has 1 amide bonds. The first-order valence-corrected chi connectivity index (χ1v) is 5.44. The first kappa shape index (κ1) is 10.9. The lowest BCUT2D eigenvalue weighted by molar-refractivity contribution is -0.122. The van der Waals surface area contributed by atoms with Crippen LogP contribution in [0.25, 0.3) is 0 Å². The molecule has 1 saturated heterocycles. The third-order valence-corrected chi connectivity index (χ3v) is 2.69. The number of aromatic amines is 1. The van der Waals surface area contributed by atoms with Crippen molar-refractivity contribution < 1.29 is 4.79 Å². The Labute approximate surface area is 93.3 Å². The van der Waals surface area contributed by atoms with Gasteiger partial charge in [-0.3, -0.25) is 9.59 Å². The van der Waals surface area contributed by atoms with E-state index in [1.54, 1.807) is 12.3 Å². The van der Waals surface area contributed by atoms with Gasteiger partial charge in [0, 0.05) is 18.8 Å². The standard InChI is InChI=1S/C11H15N3O2/c15-10-4-3-8(6-13-10)7-14-11(16)9-2-1-5-12-9/h3-4,6,9,12H,1-2,5,7H2,(H,13,15)(H,14,16)/t9-/m0/s1. The Morgan fingerprint density at radius 3 is 3.00 bits per heavy atom. The monoisotopic (exact) mass is 221 g/mol. The molecular formula is C11H15N3O2. The fourth-order valence-electron chi connectivity index (χ4n) is 1.77. The van der Waals surface area contributed by atoms with Crippen LogP contribution in [-0.4, -0.2) is 23.5 Å². The van der Waals surface area contributed by atoms with Gasteiger partial charge in [-0.2, -0.15) is 0 Å². The van der Waals surface area contributed by atoms with Gasteiger partial charge >= 0.3 is 0 Å². The fraction of sp³-hybridized carbons (Fsp3) is 0.455. The number of hydrogen-bond acceptors (Lipinski definition) is 3. The number of aromatic nitrogens is 1. The predicted molar refractivity (Wildman–Crippen MR) is 59.9 cm³/mol. The summed E-state index contributed by atoms with van der Waals surface area (Å²) in [5.74, 6) is 0.0312. The number of carbonyl (C=O) groups is 1. The summed E-state index contributed by atoms with van der Waals surface area (Å²) in [6, 6.07) is 3.11. The minimum Gasteiger partial charge on any atom is -0.351 e. The maximum absolute atomic E-state index is 11.6. The van der Waals surface area contributed by atoms with Crippen LogP contribution in [0.2, 0.25) is 0 Å². The zero-order valence-electron chi connectivity index (χ0n) is 8.95. The summed E-state index contributed by atoms with van der Waals surface area (Å²) in [5.41, 5.74) is 0.762. The summed E-state index contributed by atoms with van der Waals surface area (Å²) in [7, 11) is 0. The normalized spacial score (nSPS) is 19.6. The molecule has 2 rings (SSSR count). The lowest BCUT2D eigenvalue weighted by Crippen LogP contribution is -2.40. The third kappa shape index (κ3) is 2.70. The maximum atomic E-state index is 11.6. The SMILES string of the molecule is O=C(NCc1ccc(=O)[nH]c1)[C@@H]1CCCN1. The summed E-state index contributed by atoms with van der Waals surface area (Å²) in [5, 5.41) is 5.97. The summed E-state index contributed by atoms with van der Waals surface area (Å²) in [6.45, 7) is 1.37. The molecule has 0 saturated carbocycles. The minimum absolute atomic E-state index is 0.0312. The van der Waals surface area contributed by atoms with E-state index in [0.717, 1.165) is 24.9 Å². The number of hydrogen-bond donors (Lipinski definition) is 3. The molecule has 86 valence electrons. The Morgan fingerprint density at radius 1 is 1.50 bits per heavy atom. The van der Waals surface area contributed by atoms with Crippen molar-refractivity contribution in [3.63, 3.8) is 0 Å². The molecule has 5 nitrogen and oxygen atoms in total. The topological polar surface area (TPSA) is 74.0 Å². The van der Waals surface area contributed by atoms with Gasteiger partial charge in [-0.1, -0.05) is 6.07 Å². The van der Waals surface area contributed by atoms with Gasteiger partial charge < -0.3 is 15.6 Å². The van der Waals surface area contributed by atoms with Gasteiger partial charge in [0.2, 0.25) is 11.5 Å². The van der Waals surface area contributed by atoms with Gasteiger partial charge in [-0.15, -0.1) is 0 Å². The summed E-state index contributed by atoms with van der Waals surface area (Å²) in [6.07, 6.45) is 3.57. The summed E-state index contributed by atoms with van der Waals surface area (Å²) < 4.78 is 0. The van der Waals surface area contributed by atoms with E-state index in [-0.39, 0.29) is 17.5 Å². The summed E-state index contributed by atoms with van der Waals surface area (Å²) >= 11 is 0. The molecule has 0 aromatic carbocycles. The number of rotatable bonds is 3. The van der Waals surface area contributed by atoms with Gasteiger partial charge in [-0.05, 0) is 24.9 Å². The van der Waals surface area contributed by atoms with E-state index in [1.165, 1.54) is 6.07 Å². The van der Waals surface area contributed by atoms with E-state index >= 15 is 0 Å². The second-order valence-corrected chi connectivity index (χ2v) is 3.93. The van der Waals surface area contributed by atoms with E-state index in [2.05, 4.69) is 15.6 Å². The van der Waals surface area contributed by atoms with Gasteiger partial charge in [0.25, 0.3) is 0 Å². The number of H-pyrrole nitrogens is 1. The molecule has 5 heteroatoms.